The van der Waals surface area contributed by atoms with E-state index in [0.29, 0.717) is 16.7 Å². The van der Waals surface area contributed by atoms with Gasteiger partial charge in [-0.1, -0.05) is 50.2 Å². The summed E-state index contributed by atoms with van der Waals surface area (Å²) in [7, 11) is 0. The molecule has 3 aliphatic heterocycles. The number of phenolic OH excluding ortho intramolecular Hbond substituents is 1. The molecule has 3 aromatic rings. The van der Waals surface area contributed by atoms with Gasteiger partial charge in [0, 0.05) is 6.08 Å². The zero-order valence-corrected chi connectivity index (χ0v) is 39.5. The fourth-order valence-electron chi connectivity index (χ4n) is 8.10. The number of benzene rings is 3. The summed E-state index contributed by atoms with van der Waals surface area (Å²) < 4.78 is 51.2. The highest BCUT2D eigenvalue weighted by molar-refractivity contribution is 5.87. The van der Waals surface area contributed by atoms with Gasteiger partial charge in [-0.25, -0.2) is 9.59 Å². The summed E-state index contributed by atoms with van der Waals surface area (Å²) in [6, 6.07) is 17.2. The number of aliphatic hydroxyl groups is 11. The number of aromatic hydroxyl groups is 1. The molecule has 0 bridgehead atoms. The van der Waals surface area contributed by atoms with E-state index in [1.807, 2.05) is 0 Å². The average molecular weight is 1040 g/mol. The molecule has 3 fully saturated rings. The largest absolute Gasteiger partial charge is 0.508 e. The summed E-state index contributed by atoms with van der Waals surface area (Å²) >= 11 is 0. The molecule has 0 aliphatic carbocycles. The first-order valence-corrected chi connectivity index (χ1v) is 23.2. The van der Waals surface area contributed by atoms with E-state index in [9.17, 15) is 75.7 Å². The molecular formula is C49H62O24. The minimum atomic E-state index is -2.38. The van der Waals surface area contributed by atoms with Crippen molar-refractivity contribution in [2.24, 2.45) is 5.92 Å². The first-order valence-electron chi connectivity index (χ1n) is 23.2. The Labute approximate surface area is 417 Å². The van der Waals surface area contributed by atoms with Crippen molar-refractivity contribution < 1.29 is 118 Å². The first-order chi connectivity index (χ1) is 34.8. The number of esters is 3. The maximum atomic E-state index is 14.6. The Bertz CT molecular complexity index is 2260. The topological polar surface area (TPSA) is 377 Å². The second kappa shape index (κ2) is 25.7. The van der Waals surface area contributed by atoms with Crippen LogP contribution in [0.25, 0.3) is 6.08 Å². The molecule has 0 amide bonds. The molecule has 73 heavy (non-hydrogen) atoms. The van der Waals surface area contributed by atoms with Gasteiger partial charge in [-0.3, -0.25) is 4.79 Å². The van der Waals surface area contributed by atoms with E-state index in [-0.39, 0.29) is 23.7 Å². The number of carbonyl (C=O) groups excluding carboxylic acids is 3. The van der Waals surface area contributed by atoms with E-state index in [1.165, 1.54) is 78.9 Å². The Morgan fingerprint density at radius 2 is 1.04 bits per heavy atom. The molecule has 0 unspecified atom stereocenters. The number of hydrogen-bond donors (Lipinski definition) is 12. The number of aliphatic hydroxyl groups excluding tert-OH is 11. The summed E-state index contributed by atoms with van der Waals surface area (Å²) in [6.45, 7) is 0.265. The summed E-state index contributed by atoms with van der Waals surface area (Å²) in [6.07, 6.45) is -23.5. The second-order valence-electron chi connectivity index (χ2n) is 18.1. The predicted octanol–water partition coefficient (Wildman–Crippen LogP) is -2.21. The van der Waals surface area contributed by atoms with Crippen molar-refractivity contribution >= 4 is 24.0 Å². The number of hydrogen-bond acceptors (Lipinski definition) is 24. The summed E-state index contributed by atoms with van der Waals surface area (Å²) in [5.74, 6) is -3.57. The minimum Gasteiger partial charge on any atom is -0.508 e. The van der Waals surface area contributed by atoms with Crippen molar-refractivity contribution in [2.45, 2.75) is 138 Å². The van der Waals surface area contributed by atoms with Gasteiger partial charge in [-0.15, -0.1) is 0 Å². The van der Waals surface area contributed by atoms with Crippen LogP contribution in [0.3, 0.4) is 0 Å². The van der Waals surface area contributed by atoms with Crippen LogP contribution in [0, 0.1) is 5.92 Å². The summed E-state index contributed by atoms with van der Waals surface area (Å²) in [4.78, 5) is 41.8. The quantitative estimate of drug-likeness (QED) is 0.0306. The van der Waals surface area contributed by atoms with Gasteiger partial charge in [0.25, 0.3) is 0 Å². The normalized spacial score (nSPS) is 31.3. The molecule has 0 aromatic heterocycles. The van der Waals surface area contributed by atoms with Crippen LogP contribution >= 0.6 is 0 Å². The number of rotatable bonds is 21. The number of phenols is 1. The third-order valence-corrected chi connectivity index (χ3v) is 12.1. The van der Waals surface area contributed by atoms with Crippen molar-refractivity contribution in [2.75, 3.05) is 19.8 Å². The highest BCUT2D eigenvalue weighted by atomic mass is 16.7. The lowest BCUT2D eigenvalue weighted by molar-refractivity contribution is -0.328. The number of carbonyl (C=O) groups is 3. The van der Waals surface area contributed by atoms with E-state index in [0.717, 1.165) is 6.08 Å². The fraction of sp³-hybridized carbons (Fsp3) is 0.531. The van der Waals surface area contributed by atoms with Crippen LogP contribution in [-0.2, 0) is 60.8 Å². The van der Waals surface area contributed by atoms with Crippen LogP contribution in [0.5, 0.6) is 17.2 Å². The molecular weight excluding hydrogens is 973 g/mol. The van der Waals surface area contributed by atoms with Gasteiger partial charge >= 0.3 is 17.9 Å². The van der Waals surface area contributed by atoms with Gasteiger partial charge in [0.15, 0.2) is 18.0 Å². The second-order valence-corrected chi connectivity index (χ2v) is 18.1. The van der Waals surface area contributed by atoms with E-state index in [1.54, 1.807) is 13.8 Å². The Kier molecular flexibility index (Phi) is 20.0. The Hall–Kier alpha value is -5.39. The molecule has 3 saturated heterocycles. The van der Waals surface area contributed by atoms with E-state index in [4.69, 9.17) is 42.6 Å². The van der Waals surface area contributed by atoms with Crippen molar-refractivity contribution in [3.05, 3.63) is 95.6 Å². The van der Waals surface area contributed by atoms with Crippen LogP contribution in [0.1, 0.15) is 43.4 Å². The lowest BCUT2D eigenvalue weighted by atomic mass is 9.88. The Morgan fingerprint density at radius 1 is 0.589 bits per heavy atom. The van der Waals surface area contributed by atoms with Gasteiger partial charge in [0.1, 0.15) is 97.6 Å². The summed E-state index contributed by atoms with van der Waals surface area (Å²) in [5.41, 5.74) is -1.18. The first kappa shape index (κ1) is 56.9. The monoisotopic (exact) mass is 1030 g/mol. The maximum absolute atomic E-state index is 14.6. The Balaban J connectivity index is 1.22. The maximum Gasteiger partial charge on any atom is 0.339 e. The van der Waals surface area contributed by atoms with Crippen molar-refractivity contribution in [3.63, 3.8) is 0 Å². The highest BCUT2D eigenvalue weighted by Crippen LogP contribution is 2.36. The van der Waals surface area contributed by atoms with E-state index >= 15 is 0 Å². The Morgan fingerprint density at radius 3 is 1.51 bits per heavy atom. The van der Waals surface area contributed by atoms with Crippen LogP contribution in [-0.4, -0.2) is 197 Å². The standard InChI is InChI=1S/C49H62O24/c1-24(2)17-49(48(64)66-23-27-7-14-30(15-8-27)68-46-43(63)40(60)37(57)32(20-51)70-46,18-35(55)65-22-26-5-12-29(13-6-26)67-45-42(62)39(59)36(56)31(19-50)69-45)73-47-44(41(61)38(58)33(21-52)71-47)72-34(54)16-9-25-3-10-28(53)11-4-25/h3-16,24,31-33,36-47,50-53,56-63H,17-23H2,1-2H3/b16-9-/t31-,32-,33-,36-,37-,38-,39+,40+,41+,42-,43-,44-,45-,46-,47+,49-/m1/s1. The number of ether oxygens (including phenoxy) is 9. The van der Waals surface area contributed by atoms with Crippen LogP contribution in [0.4, 0.5) is 0 Å². The molecule has 6 rings (SSSR count). The lowest BCUT2D eigenvalue weighted by Crippen LogP contribution is -2.63. The third-order valence-electron chi connectivity index (χ3n) is 12.1. The molecule has 0 saturated carbocycles. The molecule has 3 aliphatic rings. The molecule has 402 valence electrons. The van der Waals surface area contributed by atoms with Gasteiger partial charge in [0.05, 0.1) is 26.2 Å². The van der Waals surface area contributed by atoms with Crippen molar-refractivity contribution in [3.8, 4) is 17.2 Å². The average Bonchev–Trinajstić information content (AvgIpc) is 3.37. The smallest absolute Gasteiger partial charge is 0.339 e. The molecule has 3 aromatic carbocycles. The van der Waals surface area contributed by atoms with Gasteiger partial charge < -0.3 is 104 Å². The SMILES string of the molecule is CC(C)C[C@](CC(=O)OCc1ccc(O[C@@H]2O[C@H](CO)[C@@H](O)[C@H](O)[C@H]2O)cc1)(O[C@@H]1O[C@H](CO)[C@@H](O)[C@H](O)[C@H]1OC(=O)/C=C\c1ccc(O)cc1)C(=O)OCc1ccc(O[C@@H]2O[C@H](CO)[C@@H](O)[C@H](O)[C@H]2O)cc1. The predicted molar refractivity (Wildman–Crippen MR) is 244 cm³/mol. The highest BCUT2D eigenvalue weighted by Gasteiger charge is 2.54. The van der Waals surface area contributed by atoms with Crippen LogP contribution in [0.15, 0.2) is 78.9 Å². The minimum absolute atomic E-state index is 0.0312. The molecule has 12 N–H and O–H groups in total. The van der Waals surface area contributed by atoms with Crippen LogP contribution in [0.2, 0.25) is 0 Å². The van der Waals surface area contributed by atoms with Crippen LogP contribution < -0.4 is 9.47 Å². The lowest BCUT2D eigenvalue weighted by Gasteiger charge is -2.44. The molecule has 24 nitrogen and oxygen atoms in total. The van der Waals surface area contributed by atoms with Gasteiger partial charge in [0.2, 0.25) is 12.6 Å². The van der Waals surface area contributed by atoms with E-state index < -0.39 is 161 Å². The summed E-state index contributed by atoms with van der Waals surface area (Å²) in [5, 5.41) is 122. The van der Waals surface area contributed by atoms with Crippen molar-refractivity contribution in [1.29, 1.82) is 0 Å². The zero-order valence-electron chi connectivity index (χ0n) is 39.5. The van der Waals surface area contributed by atoms with Crippen molar-refractivity contribution in [1.82, 2.24) is 0 Å². The fourth-order valence-corrected chi connectivity index (χ4v) is 8.10. The van der Waals surface area contributed by atoms with Gasteiger partial charge in [-0.05, 0) is 71.5 Å². The van der Waals surface area contributed by atoms with Gasteiger partial charge in [-0.2, -0.15) is 0 Å². The molecule has 0 radical (unpaired) electrons. The zero-order chi connectivity index (χ0) is 53.1. The third kappa shape index (κ3) is 14.5. The molecule has 3 heterocycles. The van der Waals surface area contributed by atoms with E-state index in [2.05, 4.69) is 0 Å². The molecule has 16 atom stereocenters. The molecule has 0 spiro atoms. The molecule has 24 heteroatoms.